The minimum absolute atomic E-state index is 0.192. The van der Waals surface area contributed by atoms with E-state index in [4.69, 9.17) is 14.0 Å². The fourth-order valence-electron chi connectivity index (χ4n) is 2.62. The van der Waals surface area contributed by atoms with Crippen molar-refractivity contribution in [1.82, 2.24) is 5.32 Å². The summed E-state index contributed by atoms with van der Waals surface area (Å²) >= 11 is 0. The van der Waals surface area contributed by atoms with Crippen LogP contribution in [0.1, 0.15) is 64.4 Å². The lowest BCUT2D eigenvalue weighted by atomic mass is 9.77. The molecule has 1 fully saturated rings. The number of hydrogen-bond donors (Lipinski definition) is 1. The van der Waals surface area contributed by atoms with E-state index in [1.165, 1.54) is 0 Å². The van der Waals surface area contributed by atoms with Gasteiger partial charge in [-0.3, -0.25) is 4.79 Å². The van der Waals surface area contributed by atoms with Crippen molar-refractivity contribution in [2.45, 2.75) is 65.3 Å². The van der Waals surface area contributed by atoms with E-state index in [2.05, 4.69) is 5.32 Å². The minimum Gasteiger partial charge on any atom is -0.444 e. The van der Waals surface area contributed by atoms with Crippen LogP contribution in [-0.4, -0.2) is 42.8 Å². The summed E-state index contributed by atoms with van der Waals surface area (Å²) in [5, 5.41) is 2.76. The molecule has 1 aliphatic rings. The molecule has 1 aliphatic heterocycles. The molecule has 2 rings (SSSR count). The maximum Gasteiger partial charge on any atom is 0.492 e. The topological polar surface area (TPSA) is 73.9 Å². The third-order valence-corrected chi connectivity index (χ3v) is 4.79. The van der Waals surface area contributed by atoms with Gasteiger partial charge in [0.1, 0.15) is 11.9 Å². The lowest BCUT2D eigenvalue weighted by Gasteiger charge is -2.32. The van der Waals surface area contributed by atoms with Gasteiger partial charge in [-0.1, -0.05) is 24.3 Å². The molecule has 1 N–H and O–H groups in total. The van der Waals surface area contributed by atoms with E-state index >= 15 is 0 Å². The number of carbonyl (C=O) groups excluding carboxylic acids is 2. The highest BCUT2D eigenvalue weighted by atomic mass is 16.7. The monoisotopic (exact) mass is 387 g/mol. The number of ether oxygens (including phenoxy) is 1. The van der Waals surface area contributed by atoms with Crippen LogP contribution < -0.4 is 5.32 Å². The molecule has 1 aromatic carbocycles. The first-order valence-electron chi connectivity index (χ1n) is 9.41. The van der Waals surface area contributed by atoms with Gasteiger partial charge in [0.2, 0.25) is 0 Å². The first-order chi connectivity index (χ1) is 12.8. The third-order valence-electron chi connectivity index (χ3n) is 4.79. The SMILES string of the molecule is CC(C)(C)OC(=O)NCC(=Cc1cccc(C=O)c1)B1OC(C)(C)C(C)(C)O1. The van der Waals surface area contributed by atoms with Crippen molar-refractivity contribution >= 4 is 25.6 Å². The molecule has 0 spiro atoms. The molecule has 152 valence electrons. The Bertz CT molecular complexity index is 748. The molecule has 0 bridgehead atoms. The first-order valence-corrected chi connectivity index (χ1v) is 9.41. The Labute approximate surface area is 167 Å². The van der Waals surface area contributed by atoms with Crippen LogP contribution >= 0.6 is 0 Å². The number of benzene rings is 1. The van der Waals surface area contributed by atoms with Gasteiger partial charge in [0.05, 0.1) is 11.2 Å². The highest BCUT2D eigenvalue weighted by Gasteiger charge is 2.52. The van der Waals surface area contributed by atoms with E-state index in [-0.39, 0.29) is 6.54 Å². The van der Waals surface area contributed by atoms with Crippen LogP contribution in [0.3, 0.4) is 0 Å². The van der Waals surface area contributed by atoms with E-state index in [1.54, 1.807) is 18.2 Å². The molecule has 1 saturated heterocycles. The Morgan fingerprint density at radius 2 is 1.71 bits per heavy atom. The van der Waals surface area contributed by atoms with E-state index in [9.17, 15) is 9.59 Å². The molecule has 0 aromatic heterocycles. The predicted octanol–water partition coefficient (Wildman–Crippen LogP) is 4.04. The summed E-state index contributed by atoms with van der Waals surface area (Å²) < 4.78 is 17.6. The summed E-state index contributed by atoms with van der Waals surface area (Å²) in [5.74, 6) is 0. The number of alkyl carbamates (subject to hydrolysis) is 1. The molecule has 1 aromatic rings. The summed E-state index contributed by atoms with van der Waals surface area (Å²) in [5.41, 5.74) is 0.520. The Hall–Kier alpha value is -2.12. The van der Waals surface area contributed by atoms with Gasteiger partial charge in [0, 0.05) is 12.1 Å². The molecular formula is C21H30BNO5. The van der Waals surface area contributed by atoms with Crippen LogP contribution in [-0.2, 0) is 14.0 Å². The Morgan fingerprint density at radius 3 is 2.25 bits per heavy atom. The lowest BCUT2D eigenvalue weighted by Crippen LogP contribution is -2.41. The fourth-order valence-corrected chi connectivity index (χ4v) is 2.62. The van der Waals surface area contributed by atoms with Gasteiger partial charge in [-0.05, 0) is 65.6 Å². The molecule has 1 amide bonds. The highest BCUT2D eigenvalue weighted by Crippen LogP contribution is 2.38. The van der Waals surface area contributed by atoms with Crippen molar-refractivity contribution < 1.29 is 23.6 Å². The van der Waals surface area contributed by atoms with E-state index in [0.717, 1.165) is 17.3 Å². The number of rotatable bonds is 5. The van der Waals surface area contributed by atoms with Crippen LogP contribution in [0.15, 0.2) is 29.7 Å². The van der Waals surface area contributed by atoms with E-state index < -0.39 is 30.0 Å². The molecule has 0 aliphatic carbocycles. The van der Waals surface area contributed by atoms with Crippen LogP contribution in [0.25, 0.3) is 6.08 Å². The van der Waals surface area contributed by atoms with E-state index in [1.807, 2.05) is 60.6 Å². The van der Waals surface area contributed by atoms with Gasteiger partial charge in [-0.25, -0.2) is 4.79 Å². The van der Waals surface area contributed by atoms with Crippen molar-refractivity contribution in [3.63, 3.8) is 0 Å². The molecule has 7 heteroatoms. The predicted molar refractivity (Wildman–Crippen MR) is 110 cm³/mol. The molecule has 0 radical (unpaired) electrons. The molecule has 0 saturated carbocycles. The van der Waals surface area contributed by atoms with Gasteiger partial charge < -0.3 is 19.4 Å². The fraction of sp³-hybridized carbons (Fsp3) is 0.524. The van der Waals surface area contributed by atoms with Gasteiger partial charge in [0.25, 0.3) is 0 Å². The van der Waals surface area contributed by atoms with Crippen molar-refractivity contribution in [2.24, 2.45) is 0 Å². The number of aldehydes is 1. The third kappa shape index (κ3) is 5.69. The van der Waals surface area contributed by atoms with Gasteiger partial charge in [-0.2, -0.15) is 0 Å². The second-order valence-electron chi connectivity index (χ2n) is 8.95. The zero-order valence-electron chi connectivity index (χ0n) is 17.8. The van der Waals surface area contributed by atoms with Gasteiger partial charge in [-0.15, -0.1) is 0 Å². The van der Waals surface area contributed by atoms with Gasteiger partial charge >= 0.3 is 13.2 Å². The minimum atomic E-state index is -0.625. The maximum absolute atomic E-state index is 12.1. The normalized spacial score (nSPS) is 18.7. The second-order valence-corrected chi connectivity index (χ2v) is 8.95. The largest absolute Gasteiger partial charge is 0.492 e. The molecular weight excluding hydrogens is 357 g/mol. The van der Waals surface area contributed by atoms with Crippen molar-refractivity contribution in [1.29, 1.82) is 0 Å². The lowest BCUT2D eigenvalue weighted by molar-refractivity contribution is 0.00578. The van der Waals surface area contributed by atoms with Crippen LogP contribution in [0.2, 0.25) is 0 Å². The van der Waals surface area contributed by atoms with Crippen molar-refractivity contribution in [3.05, 3.63) is 40.9 Å². The Kier molecular flexibility index (Phi) is 6.41. The summed E-state index contributed by atoms with van der Waals surface area (Å²) in [6, 6.07) is 7.19. The van der Waals surface area contributed by atoms with Crippen molar-refractivity contribution in [2.75, 3.05) is 6.54 Å². The van der Waals surface area contributed by atoms with Crippen molar-refractivity contribution in [3.8, 4) is 0 Å². The number of amides is 1. The molecule has 1 heterocycles. The zero-order chi connectivity index (χ0) is 21.2. The number of carbonyl (C=O) groups is 2. The standard InChI is InChI=1S/C21H30BNO5/c1-19(2,3)26-18(25)23-13-17(12-15-9-8-10-16(11-15)14-24)22-27-20(4,5)21(6,7)28-22/h8-12,14H,13H2,1-7H3,(H,23,25). The molecule has 0 atom stereocenters. The smallest absolute Gasteiger partial charge is 0.444 e. The molecule has 0 unspecified atom stereocenters. The van der Waals surface area contributed by atoms with E-state index in [0.29, 0.717) is 5.56 Å². The average Bonchev–Trinajstić information content (AvgIpc) is 2.77. The van der Waals surface area contributed by atoms with Crippen LogP contribution in [0, 0.1) is 0 Å². The Balaban J connectivity index is 2.27. The maximum atomic E-state index is 12.1. The molecule has 28 heavy (non-hydrogen) atoms. The second kappa shape index (κ2) is 8.09. The summed E-state index contributed by atoms with van der Waals surface area (Å²) in [6.07, 6.45) is 2.15. The van der Waals surface area contributed by atoms with Crippen LogP contribution in [0.4, 0.5) is 4.79 Å². The summed E-state index contributed by atoms with van der Waals surface area (Å²) in [7, 11) is -0.625. The Morgan fingerprint density at radius 1 is 1.14 bits per heavy atom. The summed E-state index contributed by atoms with van der Waals surface area (Å²) in [4.78, 5) is 23.2. The van der Waals surface area contributed by atoms with Gasteiger partial charge in [0.15, 0.2) is 0 Å². The summed E-state index contributed by atoms with van der Waals surface area (Å²) in [6.45, 7) is 13.5. The average molecular weight is 387 g/mol. The highest BCUT2D eigenvalue weighted by molar-refractivity contribution is 6.56. The quantitative estimate of drug-likeness (QED) is 0.610. The first kappa shape index (κ1) is 22.2. The molecule has 6 nitrogen and oxygen atoms in total. The number of nitrogens with one attached hydrogen (secondary N) is 1. The number of hydrogen-bond acceptors (Lipinski definition) is 5. The van der Waals surface area contributed by atoms with Crippen LogP contribution in [0.5, 0.6) is 0 Å². The zero-order valence-corrected chi connectivity index (χ0v) is 17.8.